The van der Waals surface area contributed by atoms with Gasteiger partial charge >= 0.3 is 0 Å². The molecule has 2 N–H and O–H groups in total. The largest absolute Gasteiger partial charge is 0.391 e. The van der Waals surface area contributed by atoms with Gasteiger partial charge in [-0.2, -0.15) is 0 Å². The Hall–Kier alpha value is -2.21. The zero-order valence-corrected chi connectivity index (χ0v) is 14.6. The first-order valence-corrected chi connectivity index (χ1v) is 9.21. The van der Waals surface area contributed by atoms with Gasteiger partial charge in [-0.1, -0.05) is 30.3 Å². The predicted octanol–water partition coefficient (Wildman–Crippen LogP) is 2.21. The van der Waals surface area contributed by atoms with Crippen LogP contribution in [0.25, 0.3) is 0 Å². The minimum absolute atomic E-state index is 0.162. The van der Waals surface area contributed by atoms with Gasteiger partial charge in [0.1, 0.15) is 6.17 Å². The summed E-state index contributed by atoms with van der Waals surface area (Å²) < 4.78 is 15.7. The molecule has 5 nitrogen and oxygen atoms in total. The molecule has 1 aromatic carbocycles. The summed E-state index contributed by atoms with van der Waals surface area (Å²) in [6, 6.07) is 9.14. The molecular formula is C20H24FN3O2. The third-order valence-corrected chi connectivity index (χ3v) is 5.87. The molecule has 1 unspecified atom stereocenters. The van der Waals surface area contributed by atoms with Crippen LogP contribution < -0.4 is 5.32 Å². The first-order valence-electron chi connectivity index (χ1n) is 9.21. The van der Waals surface area contributed by atoms with E-state index in [2.05, 4.69) is 10.3 Å². The molecule has 2 aliphatic rings. The molecule has 26 heavy (non-hydrogen) atoms. The molecule has 1 heterocycles. The fourth-order valence-corrected chi connectivity index (χ4v) is 4.43. The number of amides is 1. The van der Waals surface area contributed by atoms with Gasteiger partial charge in [0.25, 0.3) is 0 Å². The maximum atomic E-state index is 13.7. The lowest BCUT2D eigenvalue weighted by atomic mass is 9.62. The molecule has 1 aromatic heterocycles. The lowest BCUT2D eigenvalue weighted by molar-refractivity contribution is -0.134. The number of carbonyl (C=O) groups excluding carboxylic acids is 1. The number of aromatic nitrogens is 2. The van der Waals surface area contributed by atoms with E-state index in [1.165, 1.54) is 0 Å². The van der Waals surface area contributed by atoms with E-state index in [0.717, 1.165) is 18.5 Å². The van der Waals surface area contributed by atoms with Gasteiger partial charge in [-0.25, -0.2) is 9.37 Å². The average molecular weight is 357 g/mol. The third-order valence-electron chi connectivity index (χ3n) is 5.87. The molecule has 0 aliphatic heterocycles. The van der Waals surface area contributed by atoms with Crippen molar-refractivity contribution >= 4 is 5.91 Å². The van der Waals surface area contributed by atoms with E-state index in [0.29, 0.717) is 6.42 Å². The second kappa shape index (κ2) is 6.83. The first-order chi connectivity index (χ1) is 12.6. The topological polar surface area (TPSA) is 67.2 Å². The van der Waals surface area contributed by atoms with Gasteiger partial charge in [0.15, 0.2) is 0 Å². The van der Waals surface area contributed by atoms with Gasteiger partial charge in [-0.15, -0.1) is 0 Å². The summed E-state index contributed by atoms with van der Waals surface area (Å²) in [7, 11) is 0. The Morgan fingerprint density at radius 3 is 2.73 bits per heavy atom. The number of imidazole rings is 1. The van der Waals surface area contributed by atoms with Crippen molar-refractivity contribution < 1.29 is 14.3 Å². The Morgan fingerprint density at radius 1 is 1.31 bits per heavy atom. The summed E-state index contributed by atoms with van der Waals surface area (Å²) in [5.41, 5.74) is 0.0527. The highest BCUT2D eigenvalue weighted by molar-refractivity contribution is 5.90. The predicted molar refractivity (Wildman–Crippen MR) is 95.1 cm³/mol. The molecule has 2 aromatic rings. The smallest absolute Gasteiger partial charge is 0.231 e. The summed E-state index contributed by atoms with van der Waals surface area (Å²) >= 11 is 0. The van der Waals surface area contributed by atoms with Gasteiger partial charge in [0.2, 0.25) is 5.91 Å². The van der Waals surface area contributed by atoms with Crippen LogP contribution in [0.5, 0.6) is 0 Å². The summed E-state index contributed by atoms with van der Waals surface area (Å²) in [5.74, 6) is 0.123. The maximum Gasteiger partial charge on any atom is 0.231 e. The van der Waals surface area contributed by atoms with Crippen LogP contribution in [0.3, 0.4) is 0 Å². The molecule has 138 valence electrons. The van der Waals surface area contributed by atoms with E-state index in [1.54, 1.807) is 12.5 Å². The lowest BCUT2D eigenvalue weighted by Gasteiger charge is -2.43. The van der Waals surface area contributed by atoms with Crippen LogP contribution in [0.15, 0.2) is 49.1 Å². The van der Waals surface area contributed by atoms with E-state index in [9.17, 15) is 14.3 Å². The molecule has 3 atom stereocenters. The van der Waals surface area contributed by atoms with Crippen LogP contribution in [-0.4, -0.2) is 38.9 Å². The summed E-state index contributed by atoms with van der Waals surface area (Å²) in [6.45, 7) is 0.778. The summed E-state index contributed by atoms with van der Waals surface area (Å²) in [5, 5.41) is 13.4. The Bertz CT molecular complexity index is 744. The summed E-state index contributed by atoms with van der Waals surface area (Å²) in [4.78, 5) is 17.1. The van der Waals surface area contributed by atoms with Crippen molar-refractivity contribution in [3.63, 3.8) is 0 Å². The highest BCUT2D eigenvalue weighted by Gasteiger charge is 2.52. The molecule has 4 rings (SSSR count). The fraction of sp³-hybridized carbons (Fsp3) is 0.500. The fourth-order valence-electron chi connectivity index (χ4n) is 4.43. The number of aliphatic hydroxyl groups is 1. The lowest BCUT2D eigenvalue weighted by Crippen LogP contribution is -2.57. The SMILES string of the molecule is O=C(N[C@@H]1CC(Cn2ccnc2)C[C@H]1O)C1(c2ccccc2)CC(F)C1. The van der Waals surface area contributed by atoms with Crippen molar-refractivity contribution in [2.24, 2.45) is 5.92 Å². The van der Waals surface area contributed by atoms with Gasteiger partial charge < -0.3 is 15.0 Å². The zero-order chi connectivity index (χ0) is 18.1. The van der Waals surface area contributed by atoms with E-state index in [4.69, 9.17) is 0 Å². The molecule has 0 radical (unpaired) electrons. The van der Waals surface area contributed by atoms with Crippen LogP contribution in [-0.2, 0) is 16.8 Å². The van der Waals surface area contributed by atoms with Crippen molar-refractivity contribution in [2.45, 2.75) is 56.0 Å². The van der Waals surface area contributed by atoms with E-state index in [-0.39, 0.29) is 30.7 Å². The van der Waals surface area contributed by atoms with Crippen molar-refractivity contribution in [1.82, 2.24) is 14.9 Å². The average Bonchev–Trinajstić information content (AvgIpc) is 3.23. The standard InChI is InChI=1S/C20H24FN3O2/c21-16-10-20(11-16,15-4-2-1-3-5-15)19(26)23-17-8-14(9-18(17)25)12-24-7-6-22-13-24/h1-7,13-14,16-18,25H,8-12H2,(H,23,26)/t14?,16?,17-,18-,20?/m1/s1. The minimum Gasteiger partial charge on any atom is -0.391 e. The van der Waals surface area contributed by atoms with Gasteiger partial charge in [0.05, 0.1) is 23.9 Å². The molecule has 2 aliphatic carbocycles. The Labute approximate surface area is 152 Å². The van der Waals surface area contributed by atoms with Gasteiger partial charge in [-0.05, 0) is 37.2 Å². The zero-order valence-electron chi connectivity index (χ0n) is 14.6. The number of hydrogen-bond donors (Lipinski definition) is 2. The molecular weight excluding hydrogens is 333 g/mol. The second-order valence-corrected chi connectivity index (χ2v) is 7.70. The van der Waals surface area contributed by atoms with Crippen LogP contribution in [0.1, 0.15) is 31.2 Å². The van der Waals surface area contributed by atoms with Gasteiger partial charge in [0, 0.05) is 18.9 Å². The number of benzene rings is 1. The van der Waals surface area contributed by atoms with Crippen LogP contribution in [0, 0.1) is 5.92 Å². The number of carbonyl (C=O) groups is 1. The van der Waals surface area contributed by atoms with E-state index < -0.39 is 17.7 Å². The van der Waals surface area contributed by atoms with Crippen LogP contribution in [0.4, 0.5) is 4.39 Å². The van der Waals surface area contributed by atoms with E-state index in [1.807, 2.05) is 41.1 Å². The highest BCUT2D eigenvalue weighted by atomic mass is 19.1. The monoisotopic (exact) mass is 357 g/mol. The van der Waals surface area contributed by atoms with Crippen molar-refractivity contribution in [3.05, 3.63) is 54.6 Å². The number of alkyl halides is 1. The molecule has 6 heteroatoms. The third kappa shape index (κ3) is 3.14. The van der Waals surface area contributed by atoms with Crippen molar-refractivity contribution in [2.75, 3.05) is 0 Å². The number of nitrogens with zero attached hydrogens (tertiary/aromatic N) is 2. The Balaban J connectivity index is 1.43. The van der Waals surface area contributed by atoms with Crippen LogP contribution >= 0.6 is 0 Å². The molecule has 2 fully saturated rings. The normalized spacial score (nSPS) is 33.6. The molecule has 0 spiro atoms. The van der Waals surface area contributed by atoms with Gasteiger partial charge in [-0.3, -0.25) is 4.79 Å². The van der Waals surface area contributed by atoms with Crippen LogP contribution in [0.2, 0.25) is 0 Å². The molecule has 0 bridgehead atoms. The highest BCUT2D eigenvalue weighted by Crippen LogP contribution is 2.46. The van der Waals surface area contributed by atoms with E-state index >= 15 is 0 Å². The summed E-state index contributed by atoms with van der Waals surface area (Å²) in [6.07, 6.45) is 5.68. The number of nitrogens with one attached hydrogen (secondary N) is 1. The first kappa shape index (κ1) is 17.2. The quantitative estimate of drug-likeness (QED) is 0.862. The molecule has 0 saturated heterocycles. The second-order valence-electron chi connectivity index (χ2n) is 7.70. The molecule has 1 amide bonds. The number of hydrogen-bond acceptors (Lipinski definition) is 3. The number of aliphatic hydroxyl groups excluding tert-OH is 1. The number of rotatable bonds is 5. The maximum absolute atomic E-state index is 13.7. The minimum atomic E-state index is -0.941. The number of halogens is 1. The molecule has 2 saturated carbocycles. The van der Waals surface area contributed by atoms with Crippen molar-refractivity contribution in [3.8, 4) is 0 Å². The van der Waals surface area contributed by atoms with Crippen molar-refractivity contribution in [1.29, 1.82) is 0 Å². The Kier molecular flexibility index (Phi) is 4.53. The Morgan fingerprint density at radius 2 is 2.08 bits per heavy atom.